The Hall–Kier alpha value is -2.12. The predicted octanol–water partition coefficient (Wildman–Crippen LogP) is 3.32. The van der Waals surface area contributed by atoms with E-state index in [0.29, 0.717) is 5.15 Å². The minimum absolute atomic E-state index is 0.101. The van der Waals surface area contributed by atoms with Crippen molar-refractivity contribution >= 4 is 11.6 Å². The first-order valence-electron chi connectivity index (χ1n) is 5.12. The second-order valence-electron chi connectivity index (χ2n) is 3.53. The zero-order chi connectivity index (χ0) is 13.0. The molecule has 0 unspecified atom stereocenters. The van der Waals surface area contributed by atoms with Crippen LogP contribution in [0.15, 0.2) is 36.5 Å². The van der Waals surface area contributed by atoms with Crippen LogP contribution >= 0.6 is 11.6 Å². The molecule has 0 aliphatic rings. The van der Waals surface area contributed by atoms with Crippen molar-refractivity contribution < 1.29 is 9.13 Å². The van der Waals surface area contributed by atoms with Gasteiger partial charge in [-0.05, 0) is 24.3 Å². The minimum atomic E-state index is -0.559. The number of nitriles is 1. The van der Waals surface area contributed by atoms with Gasteiger partial charge in [0, 0.05) is 11.8 Å². The average molecular weight is 263 g/mol. The van der Waals surface area contributed by atoms with Crippen LogP contribution in [0, 0.1) is 17.1 Å². The molecule has 5 heteroatoms. The molecule has 0 saturated heterocycles. The van der Waals surface area contributed by atoms with Gasteiger partial charge in [0.1, 0.15) is 11.8 Å². The van der Waals surface area contributed by atoms with Gasteiger partial charge in [0.05, 0.1) is 11.6 Å². The molecule has 0 amide bonds. The fraction of sp³-hybridized carbons (Fsp3) is 0.0769. The van der Waals surface area contributed by atoms with Crippen LogP contribution < -0.4 is 4.74 Å². The predicted molar refractivity (Wildman–Crippen MR) is 64.7 cm³/mol. The highest BCUT2D eigenvalue weighted by Crippen LogP contribution is 2.19. The number of nitrogens with zero attached hydrogens (tertiary/aromatic N) is 2. The molecule has 0 bridgehead atoms. The highest BCUT2D eigenvalue weighted by atomic mass is 35.5. The molecule has 90 valence electrons. The number of hydrogen-bond acceptors (Lipinski definition) is 3. The highest BCUT2D eigenvalue weighted by molar-refractivity contribution is 6.29. The zero-order valence-corrected chi connectivity index (χ0v) is 9.99. The molecule has 0 saturated carbocycles. The number of ether oxygens (including phenoxy) is 1. The van der Waals surface area contributed by atoms with E-state index in [0.717, 1.165) is 11.6 Å². The third kappa shape index (κ3) is 2.96. The second kappa shape index (κ2) is 5.48. The van der Waals surface area contributed by atoms with Crippen LogP contribution in [0.5, 0.6) is 5.75 Å². The van der Waals surface area contributed by atoms with Crippen LogP contribution in [0.2, 0.25) is 5.15 Å². The smallest absolute Gasteiger partial charge is 0.166 e. The third-order valence-electron chi connectivity index (χ3n) is 2.24. The van der Waals surface area contributed by atoms with E-state index in [9.17, 15) is 4.39 Å². The standard InChI is InChI=1S/C13H8ClFN2O/c14-13-4-2-10(7-17-13)8-18-12-3-1-9(6-16)5-11(12)15/h1-5,7H,8H2. The summed E-state index contributed by atoms with van der Waals surface area (Å²) in [5.41, 5.74) is 1.04. The first-order chi connectivity index (χ1) is 8.69. The summed E-state index contributed by atoms with van der Waals surface area (Å²) in [5, 5.41) is 9.00. The fourth-order valence-electron chi connectivity index (χ4n) is 1.34. The molecule has 0 spiro atoms. The number of aromatic nitrogens is 1. The van der Waals surface area contributed by atoms with Gasteiger partial charge in [-0.2, -0.15) is 5.26 Å². The molecule has 1 aromatic heterocycles. The zero-order valence-electron chi connectivity index (χ0n) is 9.23. The van der Waals surface area contributed by atoms with E-state index in [-0.39, 0.29) is 17.9 Å². The summed E-state index contributed by atoms with van der Waals surface area (Å²) in [5.74, 6) is -0.458. The molecule has 0 atom stereocenters. The Bertz CT molecular complexity index is 593. The summed E-state index contributed by atoms with van der Waals surface area (Å²) >= 11 is 5.64. The van der Waals surface area contributed by atoms with Crippen molar-refractivity contribution in [1.82, 2.24) is 4.98 Å². The molecule has 1 heterocycles. The van der Waals surface area contributed by atoms with E-state index in [4.69, 9.17) is 21.6 Å². The van der Waals surface area contributed by atoms with E-state index in [1.807, 2.05) is 6.07 Å². The number of hydrogen-bond donors (Lipinski definition) is 0. The lowest BCUT2D eigenvalue weighted by Crippen LogP contribution is -1.98. The Morgan fingerprint density at radius 1 is 1.33 bits per heavy atom. The van der Waals surface area contributed by atoms with Gasteiger partial charge in [0.15, 0.2) is 11.6 Å². The van der Waals surface area contributed by atoms with Crippen LogP contribution in [0.25, 0.3) is 0 Å². The lowest BCUT2D eigenvalue weighted by molar-refractivity contribution is 0.290. The maximum atomic E-state index is 13.5. The van der Waals surface area contributed by atoms with Crippen molar-refractivity contribution in [2.24, 2.45) is 0 Å². The molecule has 1 aromatic carbocycles. The van der Waals surface area contributed by atoms with Crippen LogP contribution in [0.1, 0.15) is 11.1 Å². The van der Waals surface area contributed by atoms with Gasteiger partial charge < -0.3 is 4.74 Å². The Kier molecular flexibility index (Phi) is 3.75. The highest BCUT2D eigenvalue weighted by Gasteiger charge is 2.05. The maximum Gasteiger partial charge on any atom is 0.166 e. The molecule has 0 aliphatic carbocycles. The second-order valence-corrected chi connectivity index (χ2v) is 3.92. The molecule has 0 fully saturated rings. The average Bonchev–Trinajstić information content (AvgIpc) is 2.39. The number of rotatable bonds is 3. The van der Waals surface area contributed by atoms with Crippen molar-refractivity contribution in [1.29, 1.82) is 5.26 Å². The van der Waals surface area contributed by atoms with Crippen LogP contribution in [-0.2, 0) is 6.61 Å². The molecule has 0 aliphatic heterocycles. The summed E-state index contributed by atoms with van der Waals surface area (Å²) in [6.45, 7) is 0.187. The van der Waals surface area contributed by atoms with Gasteiger partial charge >= 0.3 is 0 Å². The number of halogens is 2. The molecule has 3 nitrogen and oxygen atoms in total. The lowest BCUT2D eigenvalue weighted by atomic mass is 10.2. The van der Waals surface area contributed by atoms with Crippen LogP contribution in [0.3, 0.4) is 0 Å². The van der Waals surface area contributed by atoms with Crippen molar-refractivity contribution in [2.45, 2.75) is 6.61 Å². The van der Waals surface area contributed by atoms with Gasteiger partial charge in [0.25, 0.3) is 0 Å². The summed E-state index contributed by atoms with van der Waals surface area (Å²) in [7, 11) is 0. The Labute approximate surface area is 108 Å². The van der Waals surface area contributed by atoms with Crippen molar-refractivity contribution in [2.75, 3.05) is 0 Å². The van der Waals surface area contributed by atoms with E-state index in [1.54, 1.807) is 18.3 Å². The molecule has 18 heavy (non-hydrogen) atoms. The van der Waals surface area contributed by atoms with E-state index in [2.05, 4.69) is 4.98 Å². The van der Waals surface area contributed by atoms with Gasteiger partial charge in [-0.25, -0.2) is 9.37 Å². The summed E-state index contributed by atoms with van der Waals surface area (Å²) < 4.78 is 18.8. The number of pyridine rings is 1. The normalized spacial score (nSPS) is 9.83. The number of benzene rings is 1. The van der Waals surface area contributed by atoms with Gasteiger partial charge in [-0.3, -0.25) is 0 Å². The lowest BCUT2D eigenvalue weighted by Gasteiger charge is -2.07. The first kappa shape index (κ1) is 12.3. The summed E-state index contributed by atoms with van der Waals surface area (Å²) in [6, 6.07) is 9.30. The van der Waals surface area contributed by atoms with E-state index in [1.165, 1.54) is 12.1 Å². The van der Waals surface area contributed by atoms with Gasteiger partial charge in [0.2, 0.25) is 0 Å². The molecule has 2 rings (SSSR count). The Balaban J connectivity index is 2.06. The van der Waals surface area contributed by atoms with Crippen LogP contribution in [-0.4, -0.2) is 4.98 Å². The quantitative estimate of drug-likeness (QED) is 0.797. The van der Waals surface area contributed by atoms with Gasteiger partial charge in [-0.1, -0.05) is 17.7 Å². The van der Waals surface area contributed by atoms with Crippen molar-refractivity contribution in [3.05, 3.63) is 58.6 Å². The topological polar surface area (TPSA) is 45.9 Å². The van der Waals surface area contributed by atoms with Crippen molar-refractivity contribution in [3.63, 3.8) is 0 Å². The minimum Gasteiger partial charge on any atom is -0.486 e. The summed E-state index contributed by atoms with van der Waals surface area (Å²) in [6.07, 6.45) is 1.56. The monoisotopic (exact) mass is 262 g/mol. The third-order valence-corrected chi connectivity index (χ3v) is 2.47. The Morgan fingerprint density at radius 2 is 2.17 bits per heavy atom. The SMILES string of the molecule is N#Cc1ccc(OCc2ccc(Cl)nc2)c(F)c1. The fourth-order valence-corrected chi connectivity index (χ4v) is 1.45. The van der Waals surface area contributed by atoms with Gasteiger partial charge in [-0.15, -0.1) is 0 Å². The molecule has 0 radical (unpaired) electrons. The molecular weight excluding hydrogens is 255 g/mol. The largest absolute Gasteiger partial charge is 0.486 e. The molecular formula is C13H8ClFN2O. The van der Waals surface area contributed by atoms with E-state index < -0.39 is 5.82 Å². The maximum absolute atomic E-state index is 13.5. The molecule has 2 aromatic rings. The van der Waals surface area contributed by atoms with Crippen LogP contribution in [0.4, 0.5) is 4.39 Å². The summed E-state index contributed by atoms with van der Waals surface area (Å²) in [4.78, 5) is 3.89. The van der Waals surface area contributed by atoms with Crippen molar-refractivity contribution in [3.8, 4) is 11.8 Å². The Morgan fingerprint density at radius 3 is 2.78 bits per heavy atom. The molecule has 0 N–H and O–H groups in total. The van der Waals surface area contributed by atoms with E-state index >= 15 is 0 Å². The first-order valence-corrected chi connectivity index (χ1v) is 5.50.